The lowest BCUT2D eigenvalue weighted by molar-refractivity contribution is -0.121. The van der Waals surface area contributed by atoms with Gasteiger partial charge in [-0.3, -0.25) is 4.79 Å². The number of hydrogen-bond acceptors (Lipinski definition) is 4. The van der Waals surface area contributed by atoms with Gasteiger partial charge in [-0.1, -0.05) is 44.2 Å². The molecule has 1 aromatic carbocycles. The van der Waals surface area contributed by atoms with Crippen molar-refractivity contribution in [2.45, 2.75) is 57.7 Å². The molecule has 7 heteroatoms. The lowest BCUT2D eigenvalue weighted by atomic mass is 9.90. The Bertz CT molecular complexity index is 523. The van der Waals surface area contributed by atoms with Crippen molar-refractivity contribution in [2.75, 3.05) is 24.6 Å². The monoisotopic (exact) mass is 435 g/mol. The molecule has 2 atom stereocenters. The topological polar surface area (TPSA) is 53.2 Å². The van der Waals surface area contributed by atoms with E-state index in [-0.39, 0.29) is 42.3 Å². The molecule has 0 aromatic heterocycles. The Balaban J connectivity index is 0.00000338. The van der Waals surface area contributed by atoms with E-state index < -0.39 is 0 Å². The smallest absolute Gasteiger partial charge is 0.221 e. The highest BCUT2D eigenvalue weighted by molar-refractivity contribution is 7.99. The average molecular weight is 436 g/mol. The number of carbonyl (C=O) groups is 1. The van der Waals surface area contributed by atoms with Gasteiger partial charge in [-0.25, -0.2) is 0 Å². The minimum absolute atomic E-state index is 0. The van der Waals surface area contributed by atoms with Gasteiger partial charge in [0.15, 0.2) is 0 Å². The summed E-state index contributed by atoms with van der Waals surface area (Å²) in [7, 11) is 0. The highest BCUT2D eigenvalue weighted by Gasteiger charge is 2.29. The van der Waals surface area contributed by atoms with E-state index in [1.165, 1.54) is 5.56 Å². The van der Waals surface area contributed by atoms with Gasteiger partial charge in [-0.05, 0) is 25.3 Å². The average Bonchev–Trinajstić information content (AvgIpc) is 2.66. The molecule has 0 saturated carbocycles. The molecule has 1 aliphatic heterocycles. The van der Waals surface area contributed by atoms with E-state index in [0.29, 0.717) is 19.0 Å². The Kier molecular flexibility index (Phi) is 13.4. The number of hydrogen-bond donors (Lipinski definition) is 3. The molecule has 0 spiro atoms. The number of rotatable bonds is 9. The standard InChI is InChI=1S/C20H33N3OS.2ClH/c1-4-20(5-2,23-16(3)17-9-7-6-8-10-17)15-22-19(24)13-18-14-25-12-11-21-18;;/h6-10,16,18,21,23H,4-5,11-15H2,1-3H3,(H,22,24);2*1H. The maximum atomic E-state index is 12.4. The van der Waals surface area contributed by atoms with Gasteiger partial charge in [-0.15, -0.1) is 24.8 Å². The van der Waals surface area contributed by atoms with Crippen LogP contribution in [-0.2, 0) is 4.79 Å². The van der Waals surface area contributed by atoms with Crippen LogP contribution in [0.5, 0.6) is 0 Å². The third-order valence-electron chi connectivity index (χ3n) is 5.23. The zero-order valence-electron chi connectivity index (χ0n) is 16.6. The van der Waals surface area contributed by atoms with Crippen LogP contribution in [0.2, 0.25) is 0 Å². The summed E-state index contributed by atoms with van der Waals surface area (Å²) in [6, 6.07) is 11.1. The van der Waals surface area contributed by atoms with E-state index in [1.54, 1.807) is 0 Å². The first-order valence-electron chi connectivity index (χ1n) is 9.49. The second-order valence-corrected chi connectivity index (χ2v) is 8.12. The molecule has 0 aliphatic carbocycles. The molecule has 2 unspecified atom stereocenters. The van der Waals surface area contributed by atoms with Crippen molar-refractivity contribution in [1.82, 2.24) is 16.0 Å². The molecule has 0 radical (unpaired) electrons. The summed E-state index contributed by atoms with van der Waals surface area (Å²) in [6.07, 6.45) is 2.54. The van der Waals surface area contributed by atoms with Crippen LogP contribution in [0.15, 0.2) is 30.3 Å². The van der Waals surface area contributed by atoms with Crippen LogP contribution in [0, 0.1) is 0 Å². The predicted molar refractivity (Wildman–Crippen MR) is 123 cm³/mol. The van der Waals surface area contributed by atoms with Crippen LogP contribution in [0.3, 0.4) is 0 Å². The Morgan fingerprint density at radius 1 is 1.26 bits per heavy atom. The number of nitrogens with one attached hydrogen (secondary N) is 3. The summed E-state index contributed by atoms with van der Waals surface area (Å²) in [5.74, 6) is 2.33. The van der Waals surface area contributed by atoms with E-state index in [9.17, 15) is 4.79 Å². The lowest BCUT2D eigenvalue weighted by Crippen LogP contribution is -2.54. The van der Waals surface area contributed by atoms with Crippen molar-refractivity contribution >= 4 is 42.5 Å². The second kappa shape index (κ2) is 13.7. The third kappa shape index (κ3) is 8.61. The number of halogens is 2. The quantitative estimate of drug-likeness (QED) is 0.549. The molecular weight excluding hydrogens is 401 g/mol. The highest BCUT2D eigenvalue weighted by Crippen LogP contribution is 2.21. The summed E-state index contributed by atoms with van der Waals surface area (Å²) >= 11 is 1.93. The van der Waals surface area contributed by atoms with E-state index in [1.807, 2.05) is 17.8 Å². The van der Waals surface area contributed by atoms with Crippen LogP contribution < -0.4 is 16.0 Å². The van der Waals surface area contributed by atoms with E-state index in [0.717, 1.165) is 30.9 Å². The highest BCUT2D eigenvalue weighted by atomic mass is 35.5. The molecule has 156 valence electrons. The van der Waals surface area contributed by atoms with Crippen LogP contribution in [0.4, 0.5) is 0 Å². The first kappa shape index (κ1) is 26.5. The van der Waals surface area contributed by atoms with Gasteiger partial charge in [0.1, 0.15) is 0 Å². The number of thioether (sulfide) groups is 1. The summed E-state index contributed by atoms with van der Waals surface area (Å²) in [5.41, 5.74) is 1.21. The van der Waals surface area contributed by atoms with E-state index in [2.05, 4.69) is 61.0 Å². The van der Waals surface area contributed by atoms with Gasteiger partial charge in [0.2, 0.25) is 5.91 Å². The van der Waals surface area contributed by atoms with Gasteiger partial charge >= 0.3 is 0 Å². The van der Waals surface area contributed by atoms with Crippen LogP contribution in [0.1, 0.15) is 51.6 Å². The Morgan fingerprint density at radius 3 is 2.48 bits per heavy atom. The van der Waals surface area contributed by atoms with Gasteiger partial charge in [0, 0.05) is 48.6 Å². The Morgan fingerprint density at radius 2 is 1.93 bits per heavy atom. The van der Waals surface area contributed by atoms with Gasteiger partial charge in [-0.2, -0.15) is 11.8 Å². The number of benzene rings is 1. The fourth-order valence-electron chi connectivity index (χ4n) is 3.35. The minimum atomic E-state index is -0.0698. The van der Waals surface area contributed by atoms with Gasteiger partial charge in [0.05, 0.1) is 0 Å². The molecule has 1 saturated heterocycles. The number of carbonyl (C=O) groups excluding carboxylic acids is 1. The maximum Gasteiger partial charge on any atom is 0.221 e. The molecule has 1 aliphatic rings. The van der Waals surface area contributed by atoms with E-state index >= 15 is 0 Å². The molecule has 4 nitrogen and oxygen atoms in total. The SMILES string of the molecule is CCC(CC)(CNC(=O)CC1CSCCN1)NC(C)c1ccccc1.Cl.Cl. The second-order valence-electron chi connectivity index (χ2n) is 6.97. The first-order valence-corrected chi connectivity index (χ1v) is 10.6. The molecule has 0 bridgehead atoms. The molecule has 1 aromatic rings. The Hall–Kier alpha value is -0.460. The molecule has 1 heterocycles. The van der Waals surface area contributed by atoms with Crippen molar-refractivity contribution in [2.24, 2.45) is 0 Å². The minimum Gasteiger partial charge on any atom is -0.354 e. The summed E-state index contributed by atoms with van der Waals surface area (Å²) in [6.45, 7) is 8.27. The lowest BCUT2D eigenvalue weighted by Gasteiger charge is -2.36. The largest absolute Gasteiger partial charge is 0.354 e. The first-order chi connectivity index (χ1) is 12.1. The van der Waals surface area contributed by atoms with E-state index in [4.69, 9.17) is 0 Å². The molecule has 27 heavy (non-hydrogen) atoms. The maximum absolute atomic E-state index is 12.4. The van der Waals surface area contributed by atoms with Crippen LogP contribution in [0.25, 0.3) is 0 Å². The van der Waals surface area contributed by atoms with Crippen molar-refractivity contribution in [1.29, 1.82) is 0 Å². The Labute approximate surface area is 181 Å². The number of amides is 1. The van der Waals surface area contributed by atoms with Gasteiger partial charge < -0.3 is 16.0 Å². The fraction of sp³-hybridized carbons (Fsp3) is 0.650. The third-order valence-corrected chi connectivity index (χ3v) is 6.36. The molecule has 1 amide bonds. The molecule has 2 rings (SSSR count). The summed E-state index contributed by atoms with van der Waals surface area (Å²) in [5, 5.41) is 10.4. The van der Waals surface area contributed by atoms with Crippen molar-refractivity contribution in [3.8, 4) is 0 Å². The van der Waals surface area contributed by atoms with Crippen molar-refractivity contribution in [3.05, 3.63) is 35.9 Å². The summed E-state index contributed by atoms with van der Waals surface area (Å²) < 4.78 is 0. The zero-order valence-corrected chi connectivity index (χ0v) is 19.1. The predicted octanol–water partition coefficient (Wildman–Crippen LogP) is 3.95. The van der Waals surface area contributed by atoms with Crippen molar-refractivity contribution < 1.29 is 4.79 Å². The zero-order chi connectivity index (χ0) is 18.1. The molecule has 1 fully saturated rings. The molecular formula is C20H35Cl2N3OS. The van der Waals surface area contributed by atoms with Gasteiger partial charge in [0.25, 0.3) is 0 Å². The molecule has 3 N–H and O–H groups in total. The van der Waals surface area contributed by atoms with Crippen LogP contribution >= 0.6 is 36.6 Å². The van der Waals surface area contributed by atoms with Crippen molar-refractivity contribution in [3.63, 3.8) is 0 Å². The normalized spacial score (nSPS) is 18.0. The fourth-order valence-corrected chi connectivity index (χ4v) is 4.30. The van der Waals surface area contributed by atoms with Crippen LogP contribution in [-0.4, -0.2) is 42.1 Å². The summed E-state index contributed by atoms with van der Waals surface area (Å²) in [4.78, 5) is 12.4.